The Morgan fingerprint density at radius 1 is 1.21 bits per heavy atom. The van der Waals surface area contributed by atoms with Crippen LogP contribution >= 0.6 is 0 Å². The molecule has 0 saturated carbocycles. The number of nitriles is 1. The van der Waals surface area contributed by atoms with E-state index in [1.165, 1.54) is 6.20 Å². The highest BCUT2D eigenvalue weighted by Gasteiger charge is 2.31. The number of ketones is 1. The average Bonchev–Trinajstić information content (AvgIpc) is 3.10. The number of carbonyl (C=O) groups excluding carboxylic acids is 2. The molecule has 24 heavy (non-hydrogen) atoms. The van der Waals surface area contributed by atoms with Gasteiger partial charge in [-0.05, 0) is 25.0 Å². The van der Waals surface area contributed by atoms with Gasteiger partial charge in [0, 0.05) is 30.8 Å². The molecule has 5 heteroatoms. The molecule has 3 rings (SSSR count). The van der Waals surface area contributed by atoms with E-state index >= 15 is 0 Å². The molecule has 5 nitrogen and oxygen atoms in total. The molecule has 1 fully saturated rings. The number of hydrogen-bond acceptors (Lipinski definition) is 4. The molecule has 2 heterocycles. The summed E-state index contributed by atoms with van der Waals surface area (Å²) in [6.07, 6.45) is 3.43. The predicted octanol–water partition coefficient (Wildman–Crippen LogP) is 2.83. The fourth-order valence-electron chi connectivity index (χ4n) is 3.00. The van der Waals surface area contributed by atoms with Crippen molar-refractivity contribution in [2.75, 3.05) is 6.54 Å². The Morgan fingerprint density at radius 3 is 2.67 bits per heavy atom. The maximum Gasteiger partial charge on any atom is 0.272 e. The standard InChI is InChI=1S/C19H17N3O2/c20-12-14-8-9-17(21-13-14)19(24)22-10-4-7-16(22)11-18(23)15-5-2-1-3-6-15/h1-3,5-6,8-9,13,16H,4,7,10-11H2/t16-/m1/s1. The lowest BCUT2D eigenvalue weighted by Gasteiger charge is -2.24. The van der Waals surface area contributed by atoms with Gasteiger partial charge in [-0.25, -0.2) is 4.98 Å². The molecular formula is C19H17N3O2. The average molecular weight is 319 g/mol. The van der Waals surface area contributed by atoms with Gasteiger partial charge in [0.2, 0.25) is 0 Å². The van der Waals surface area contributed by atoms with Crippen molar-refractivity contribution in [2.24, 2.45) is 0 Å². The quantitative estimate of drug-likeness (QED) is 0.812. The summed E-state index contributed by atoms with van der Waals surface area (Å²) < 4.78 is 0. The topological polar surface area (TPSA) is 74.1 Å². The third-order valence-electron chi connectivity index (χ3n) is 4.27. The third kappa shape index (κ3) is 3.33. The van der Waals surface area contributed by atoms with Crippen molar-refractivity contribution in [3.63, 3.8) is 0 Å². The van der Waals surface area contributed by atoms with Gasteiger partial charge in [0.25, 0.3) is 5.91 Å². The summed E-state index contributed by atoms with van der Waals surface area (Å²) >= 11 is 0. The number of aromatic nitrogens is 1. The van der Waals surface area contributed by atoms with Gasteiger partial charge in [-0.3, -0.25) is 9.59 Å². The largest absolute Gasteiger partial charge is 0.334 e. The van der Waals surface area contributed by atoms with Crippen LogP contribution in [0.2, 0.25) is 0 Å². The molecule has 0 bridgehead atoms. The maximum absolute atomic E-state index is 12.6. The van der Waals surface area contributed by atoms with Crippen LogP contribution in [0, 0.1) is 11.3 Å². The summed E-state index contributed by atoms with van der Waals surface area (Å²) in [6, 6.07) is 14.2. The first-order chi connectivity index (χ1) is 11.7. The predicted molar refractivity (Wildman–Crippen MR) is 88.4 cm³/mol. The lowest BCUT2D eigenvalue weighted by molar-refractivity contribution is 0.0711. The Labute approximate surface area is 140 Å². The van der Waals surface area contributed by atoms with E-state index in [1.807, 2.05) is 24.3 Å². The van der Waals surface area contributed by atoms with Crippen LogP contribution in [0.15, 0.2) is 48.7 Å². The molecule has 1 aromatic heterocycles. The zero-order valence-corrected chi connectivity index (χ0v) is 13.2. The number of benzene rings is 1. The Balaban J connectivity index is 1.71. The van der Waals surface area contributed by atoms with Crippen LogP contribution in [-0.2, 0) is 0 Å². The lowest BCUT2D eigenvalue weighted by atomic mass is 10.0. The van der Waals surface area contributed by atoms with Crippen LogP contribution in [0.3, 0.4) is 0 Å². The van der Waals surface area contributed by atoms with Crippen molar-refractivity contribution < 1.29 is 9.59 Å². The van der Waals surface area contributed by atoms with E-state index in [9.17, 15) is 9.59 Å². The molecule has 0 radical (unpaired) electrons. The van der Waals surface area contributed by atoms with Gasteiger partial charge in [0.05, 0.1) is 5.56 Å². The number of carbonyl (C=O) groups is 2. The van der Waals surface area contributed by atoms with E-state index in [0.29, 0.717) is 29.8 Å². The van der Waals surface area contributed by atoms with Crippen molar-refractivity contribution in [1.29, 1.82) is 5.26 Å². The summed E-state index contributed by atoms with van der Waals surface area (Å²) in [6.45, 7) is 0.632. The molecule has 1 aliphatic rings. The van der Waals surface area contributed by atoms with E-state index < -0.39 is 0 Å². The van der Waals surface area contributed by atoms with Gasteiger partial charge < -0.3 is 4.90 Å². The fraction of sp³-hybridized carbons (Fsp3) is 0.263. The van der Waals surface area contributed by atoms with Gasteiger partial charge in [-0.2, -0.15) is 5.26 Å². The lowest BCUT2D eigenvalue weighted by Crippen LogP contribution is -2.37. The number of hydrogen-bond donors (Lipinski definition) is 0. The molecular weight excluding hydrogens is 302 g/mol. The van der Waals surface area contributed by atoms with Gasteiger partial charge in [-0.1, -0.05) is 30.3 Å². The van der Waals surface area contributed by atoms with Crippen molar-refractivity contribution in [3.05, 3.63) is 65.5 Å². The summed E-state index contributed by atoms with van der Waals surface area (Å²) in [5.41, 5.74) is 1.41. The minimum absolute atomic E-state index is 0.0492. The van der Waals surface area contributed by atoms with Crippen LogP contribution in [0.4, 0.5) is 0 Å². The highest BCUT2D eigenvalue weighted by atomic mass is 16.2. The second-order valence-corrected chi connectivity index (χ2v) is 5.83. The summed E-state index contributed by atoms with van der Waals surface area (Å²) in [7, 11) is 0. The smallest absolute Gasteiger partial charge is 0.272 e. The summed E-state index contributed by atoms with van der Waals surface area (Å²) in [5, 5.41) is 8.81. The number of Topliss-reactive ketones (excluding diaryl/α,β-unsaturated/α-hetero) is 1. The minimum Gasteiger partial charge on any atom is -0.334 e. The zero-order valence-electron chi connectivity index (χ0n) is 13.2. The van der Waals surface area contributed by atoms with Crippen LogP contribution in [0.1, 0.15) is 45.7 Å². The molecule has 0 aliphatic carbocycles. The normalized spacial score (nSPS) is 16.6. The van der Waals surface area contributed by atoms with Crippen molar-refractivity contribution >= 4 is 11.7 Å². The van der Waals surface area contributed by atoms with Gasteiger partial charge >= 0.3 is 0 Å². The SMILES string of the molecule is N#Cc1ccc(C(=O)N2CCC[C@@H]2CC(=O)c2ccccc2)nc1. The van der Waals surface area contributed by atoms with Gasteiger partial charge in [0.15, 0.2) is 5.78 Å². The molecule has 1 aromatic carbocycles. The van der Waals surface area contributed by atoms with Crippen LogP contribution in [-0.4, -0.2) is 34.2 Å². The molecule has 1 aliphatic heterocycles. The Hall–Kier alpha value is -3.00. The van der Waals surface area contributed by atoms with E-state index in [0.717, 1.165) is 12.8 Å². The first kappa shape index (κ1) is 15.9. The summed E-state index contributed by atoms with van der Waals surface area (Å²) in [4.78, 5) is 30.8. The Morgan fingerprint density at radius 2 is 2.00 bits per heavy atom. The highest BCUT2D eigenvalue weighted by molar-refractivity contribution is 5.97. The molecule has 0 unspecified atom stereocenters. The Bertz CT molecular complexity index is 779. The van der Waals surface area contributed by atoms with Crippen molar-refractivity contribution in [2.45, 2.75) is 25.3 Å². The van der Waals surface area contributed by atoms with Crippen LogP contribution in [0.5, 0.6) is 0 Å². The van der Waals surface area contributed by atoms with Crippen molar-refractivity contribution in [3.8, 4) is 6.07 Å². The van der Waals surface area contributed by atoms with E-state index in [-0.39, 0.29) is 17.7 Å². The first-order valence-corrected chi connectivity index (χ1v) is 7.94. The van der Waals surface area contributed by atoms with Gasteiger partial charge in [0.1, 0.15) is 11.8 Å². The molecule has 120 valence electrons. The second-order valence-electron chi connectivity index (χ2n) is 5.83. The molecule has 1 amide bonds. The number of rotatable bonds is 4. The van der Waals surface area contributed by atoms with Crippen molar-refractivity contribution in [1.82, 2.24) is 9.88 Å². The highest BCUT2D eigenvalue weighted by Crippen LogP contribution is 2.23. The van der Waals surface area contributed by atoms with E-state index in [1.54, 1.807) is 29.2 Å². The Kier molecular flexibility index (Phi) is 4.66. The molecule has 0 spiro atoms. The first-order valence-electron chi connectivity index (χ1n) is 7.94. The minimum atomic E-state index is -0.178. The van der Waals surface area contributed by atoms with Crippen LogP contribution in [0.25, 0.3) is 0 Å². The van der Waals surface area contributed by atoms with Crippen LogP contribution < -0.4 is 0 Å². The number of likely N-dealkylation sites (tertiary alicyclic amines) is 1. The summed E-state index contributed by atoms with van der Waals surface area (Å²) in [5.74, 6) is -0.129. The molecule has 2 aromatic rings. The van der Waals surface area contributed by atoms with Gasteiger partial charge in [-0.15, -0.1) is 0 Å². The third-order valence-corrected chi connectivity index (χ3v) is 4.27. The molecule has 0 N–H and O–H groups in total. The number of pyridine rings is 1. The zero-order chi connectivity index (χ0) is 16.9. The molecule has 1 saturated heterocycles. The van der Waals surface area contributed by atoms with E-state index in [4.69, 9.17) is 5.26 Å². The number of amides is 1. The van der Waals surface area contributed by atoms with E-state index in [2.05, 4.69) is 4.98 Å². The maximum atomic E-state index is 12.6. The number of nitrogens with zero attached hydrogens (tertiary/aromatic N) is 3. The fourth-order valence-corrected chi connectivity index (χ4v) is 3.00. The molecule has 1 atom stereocenters. The monoisotopic (exact) mass is 319 g/mol. The second kappa shape index (κ2) is 7.05.